The number of rotatable bonds is 14. The molecular weight excluding hydrogens is 292 g/mol. The van der Waals surface area contributed by atoms with Crippen LogP contribution in [0.3, 0.4) is 0 Å². The van der Waals surface area contributed by atoms with Crippen LogP contribution in [0.1, 0.15) is 108 Å². The van der Waals surface area contributed by atoms with Gasteiger partial charge in [0.1, 0.15) is 5.75 Å². The molecule has 1 heteroatoms. The van der Waals surface area contributed by atoms with Crippen LogP contribution >= 0.6 is 0 Å². The highest BCUT2D eigenvalue weighted by atomic mass is 16.3. The van der Waals surface area contributed by atoms with Gasteiger partial charge >= 0.3 is 0 Å². The highest BCUT2D eigenvalue weighted by Crippen LogP contribution is 2.29. The van der Waals surface area contributed by atoms with Crippen LogP contribution < -0.4 is 0 Å². The molecule has 0 aliphatic carbocycles. The second-order valence-electron chi connectivity index (χ2n) is 7.28. The third kappa shape index (κ3) is 7.73. The third-order valence-electron chi connectivity index (χ3n) is 5.11. The maximum Gasteiger partial charge on any atom is 0.119 e. The van der Waals surface area contributed by atoms with E-state index in [1.165, 1.54) is 93.7 Å². The van der Waals surface area contributed by atoms with Gasteiger partial charge in [0.05, 0.1) is 0 Å². The molecule has 1 nitrogen and oxygen atoms in total. The molecule has 1 rings (SSSR count). The maximum absolute atomic E-state index is 10.4. The van der Waals surface area contributed by atoms with Crippen LogP contribution in [0, 0.1) is 0 Å². The fourth-order valence-corrected chi connectivity index (χ4v) is 3.53. The second kappa shape index (κ2) is 13.3. The highest BCUT2D eigenvalue weighted by molar-refractivity contribution is 5.45. The summed E-state index contributed by atoms with van der Waals surface area (Å²) in [5.74, 6) is 0.535. The average molecular weight is 333 g/mol. The van der Waals surface area contributed by atoms with E-state index >= 15 is 0 Å². The van der Waals surface area contributed by atoms with Gasteiger partial charge in [-0.1, -0.05) is 78.2 Å². The summed E-state index contributed by atoms with van der Waals surface area (Å²) in [5.41, 5.74) is 4.21. The van der Waals surface area contributed by atoms with Gasteiger partial charge in [-0.15, -0.1) is 0 Å². The van der Waals surface area contributed by atoms with E-state index in [0.717, 1.165) is 12.8 Å². The molecule has 0 saturated carbocycles. The molecule has 1 aromatic carbocycles. The zero-order valence-electron chi connectivity index (χ0n) is 16.5. The minimum atomic E-state index is 0.535. The molecule has 0 heterocycles. The zero-order valence-corrected chi connectivity index (χ0v) is 16.5. The Morgan fingerprint density at radius 3 is 1.79 bits per heavy atom. The van der Waals surface area contributed by atoms with Gasteiger partial charge in [0.25, 0.3) is 0 Å². The van der Waals surface area contributed by atoms with Crippen molar-refractivity contribution in [2.24, 2.45) is 0 Å². The topological polar surface area (TPSA) is 20.2 Å². The number of aryl methyl sites for hydroxylation is 1. The van der Waals surface area contributed by atoms with Crippen LogP contribution in [0.5, 0.6) is 5.75 Å². The maximum atomic E-state index is 10.4. The SMILES string of the molecule is CCCCCCCCCc1c(O)ccc(CCCC)c1CCCC. The molecule has 0 fully saturated rings. The molecule has 0 aromatic heterocycles. The number of unbranched alkanes of at least 4 members (excludes halogenated alkanes) is 8. The van der Waals surface area contributed by atoms with Gasteiger partial charge in [-0.3, -0.25) is 0 Å². The lowest BCUT2D eigenvalue weighted by Gasteiger charge is -2.17. The Morgan fingerprint density at radius 2 is 1.12 bits per heavy atom. The summed E-state index contributed by atoms with van der Waals surface area (Å²) >= 11 is 0. The average Bonchev–Trinajstić information content (AvgIpc) is 2.59. The highest BCUT2D eigenvalue weighted by Gasteiger charge is 2.12. The van der Waals surface area contributed by atoms with Crippen molar-refractivity contribution in [2.45, 2.75) is 111 Å². The summed E-state index contributed by atoms with van der Waals surface area (Å²) in [5, 5.41) is 10.4. The van der Waals surface area contributed by atoms with Gasteiger partial charge in [0.15, 0.2) is 0 Å². The molecule has 0 atom stereocenters. The minimum Gasteiger partial charge on any atom is -0.508 e. The molecule has 0 bridgehead atoms. The number of hydrogen-bond acceptors (Lipinski definition) is 1. The molecule has 0 amide bonds. The summed E-state index contributed by atoms with van der Waals surface area (Å²) in [4.78, 5) is 0. The van der Waals surface area contributed by atoms with Crippen molar-refractivity contribution in [2.75, 3.05) is 0 Å². The molecule has 138 valence electrons. The molecule has 0 aliphatic rings. The predicted molar refractivity (Wildman–Crippen MR) is 107 cm³/mol. The quantitative estimate of drug-likeness (QED) is 0.352. The Morgan fingerprint density at radius 1 is 0.583 bits per heavy atom. The van der Waals surface area contributed by atoms with Crippen molar-refractivity contribution in [1.82, 2.24) is 0 Å². The largest absolute Gasteiger partial charge is 0.508 e. The summed E-state index contributed by atoms with van der Waals surface area (Å²) < 4.78 is 0. The van der Waals surface area contributed by atoms with Crippen LogP contribution in [-0.4, -0.2) is 5.11 Å². The number of aromatic hydroxyl groups is 1. The van der Waals surface area contributed by atoms with E-state index in [0.29, 0.717) is 5.75 Å². The first-order valence-electron chi connectivity index (χ1n) is 10.6. The number of phenols is 1. The summed E-state index contributed by atoms with van der Waals surface area (Å²) in [6.45, 7) is 6.78. The molecule has 0 radical (unpaired) electrons. The first-order valence-corrected chi connectivity index (χ1v) is 10.6. The standard InChI is InChI=1S/C23H40O/c1-4-7-10-11-12-13-14-17-22-21(16-9-6-3)20(15-8-5-2)18-19-23(22)24/h18-19,24H,4-17H2,1-3H3. The smallest absolute Gasteiger partial charge is 0.119 e. The van der Waals surface area contributed by atoms with Crippen molar-refractivity contribution in [3.8, 4) is 5.75 Å². The fourth-order valence-electron chi connectivity index (χ4n) is 3.53. The molecule has 0 spiro atoms. The van der Waals surface area contributed by atoms with Crippen LogP contribution in [0.15, 0.2) is 12.1 Å². The molecule has 0 aliphatic heterocycles. The molecule has 1 aromatic rings. The summed E-state index contributed by atoms with van der Waals surface area (Å²) in [6.07, 6.45) is 17.6. The molecule has 24 heavy (non-hydrogen) atoms. The Labute approximate surface area is 150 Å². The monoisotopic (exact) mass is 332 g/mol. The van der Waals surface area contributed by atoms with Crippen molar-refractivity contribution in [1.29, 1.82) is 0 Å². The summed E-state index contributed by atoms with van der Waals surface area (Å²) in [6, 6.07) is 4.11. The normalized spacial score (nSPS) is 11.1. The first-order chi connectivity index (χ1) is 11.7. The molecule has 1 N–H and O–H groups in total. The van der Waals surface area contributed by atoms with Gasteiger partial charge in [0.2, 0.25) is 0 Å². The van der Waals surface area contributed by atoms with Gasteiger partial charge in [-0.2, -0.15) is 0 Å². The van der Waals surface area contributed by atoms with E-state index in [1.807, 2.05) is 6.07 Å². The van der Waals surface area contributed by atoms with Crippen LogP contribution in [-0.2, 0) is 19.3 Å². The van der Waals surface area contributed by atoms with Crippen LogP contribution in [0.2, 0.25) is 0 Å². The van der Waals surface area contributed by atoms with Gasteiger partial charge in [-0.05, 0) is 61.3 Å². The lowest BCUT2D eigenvalue weighted by atomic mass is 9.90. The lowest BCUT2D eigenvalue weighted by molar-refractivity contribution is 0.463. The van der Waals surface area contributed by atoms with E-state index < -0.39 is 0 Å². The van der Waals surface area contributed by atoms with E-state index in [1.54, 1.807) is 0 Å². The van der Waals surface area contributed by atoms with E-state index in [-0.39, 0.29) is 0 Å². The Bertz CT molecular complexity index is 436. The Balaban J connectivity index is 2.64. The Kier molecular flexibility index (Phi) is 11.7. The summed E-state index contributed by atoms with van der Waals surface area (Å²) in [7, 11) is 0. The van der Waals surface area contributed by atoms with Crippen LogP contribution in [0.4, 0.5) is 0 Å². The van der Waals surface area contributed by atoms with Crippen molar-refractivity contribution in [3.63, 3.8) is 0 Å². The Hall–Kier alpha value is -0.980. The number of phenolic OH excluding ortho intramolecular Hbond substituents is 1. The first kappa shape index (κ1) is 21.1. The third-order valence-corrected chi connectivity index (χ3v) is 5.11. The number of benzene rings is 1. The van der Waals surface area contributed by atoms with Crippen molar-refractivity contribution < 1.29 is 5.11 Å². The van der Waals surface area contributed by atoms with Gasteiger partial charge in [-0.25, -0.2) is 0 Å². The van der Waals surface area contributed by atoms with Crippen LogP contribution in [0.25, 0.3) is 0 Å². The number of hydrogen-bond donors (Lipinski definition) is 1. The fraction of sp³-hybridized carbons (Fsp3) is 0.739. The predicted octanol–water partition coefficient (Wildman–Crippen LogP) is 7.37. The van der Waals surface area contributed by atoms with Crippen molar-refractivity contribution in [3.05, 3.63) is 28.8 Å². The molecular formula is C23H40O. The van der Waals surface area contributed by atoms with E-state index in [9.17, 15) is 5.11 Å². The van der Waals surface area contributed by atoms with Gasteiger partial charge < -0.3 is 5.11 Å². The van der Waals surface area contributed by atoms with Gasteiger partial charge in [0, 0.05) is 0 Å². The van der Waals surface area contributed by atoms with E-state index in [2.05, 4.69) is 26.8 Å². The molecule has 0 saturated heterocycles. The molecule has 0 unspecified atom stereocenters. The zero-order chi connectivity index (χ0) is 17.6. The minimum absolute atomic E-state index is 0.535. The lowest BCUT2D eigenvalue weighted by Crippen LogP contribution is -2.02. The van der Waals surface area contributed by atoms with Crippen molar-refractivity contribution >= 4 is 0 Å². The van der Waals surface area contributed by atoms with E-state index in [4.69, 9.17) is 0 Å². The second-order valence-corrected chi connectivity index (χ2v) is 7.28.